The van der Waals surface area contributed by atoms with Crippen LogP contribution in [0.2, 0.25) is 0 Å². The van der Waals surface area contributed by atoms with Gasteiger partial charge in [-0.3, -0.25) is 9.59 Å². The molecule has 1 aromatic rings. The van der Waals surface area contributed by atoms with Crippen molar-refractivity contribution >= 4 is 23.2 Å². The van der Waals surface area contributed by atoms with Crippen molar-refractivity contribution in [3.63, 3.8) is 0 Å². The molecule has 1 aliphatic carbocycles. The third kappa shape index (κ3) is 5.39. The number of nitrogens with one attached hydrogen (secondary N) is 2. The maximum Gasteiger partial charge on any atom is 0.259 e. The Labute approximate surface area is 136 Å². The van der Waals surface area contributed by atoms with Crippen LogP contribution in [-0.4, -0.2) is 24.1 Å². The van der Waals surface area contributed by atoms with E-state index >= 15 is 0 Å². The van der Waals surface area contributed by atoms with E-state index in [-0.39, 0.29) is 24.3 Å². The molecule has 1 aliphatic rings. The Hall–Kier alpha value is -2.37. The van der Waals surface area contributed by atoms with E-state index in [0.29, 0.717) is 11.4 Å². The molecule has 0 aromatic heterocycles. The predicted molar refractivity (Wildman–Crippen MR) is 90.8 cm³/mol. The number of hydrazone groups is 1. The Bertz CT molecular complexity index is 575. The van der Waals surface area contributed by atoms with Gasteiger partial charge in [-0.2, -0.15) is 5.10 Å². The third-order valence-corrected chi connectivity index (χ3v) is 4.08. The highest BCUT2D eigenvalue weighted by Crippen LogP contribution is 2.23. The van der Waals surface area contributed by atoms with Gasteiger partial charge in [0.15, 0.2) is 0 Å². The average molecular weight is 316 g/mol. The first kappa shape index (κ1) is 17.0. The average Bonchev–Trinajstić information content (AvgIpc) is 2.59. The maximum absolute atomic E-state index is 12.0. The first-order chi connectivity index (χ1) is 11.1. The van der Waals surface area contributed by atoms with Crippen LogP contribution in [0.1, 0.15) is 44.6 Å². The largest absolute Gasteiger partial charge is 0.399 e. The summed E-state index contributed by atoms with van der Waals surface area (Å²) < 4.78 is 0. The Morgan fingerprint density at radius 3 is 2.48 bits per heavy atom. The van der Waals surface area contributed by atoms with Crippen LogP contribution >= 0.6 is 0 Å². The Balaban J connectivity index is 1.76. The fraction of sp³-hybridized carbons (Fsp3) is 0.471. The van der Waals surface area contributed by atoms with E-state index in [9.17, 15) is 9.59 Å². The smallest absolute Gasteiger partial charge is 0.259 e. The molecule has 0 unspecified atom stereocenters. The number of anilines is 1. The molecule has 23 heavy (non-hydrogen) atoms. The second kappa shape index (κ2) is 8.31. The predicted octanol–water partition coefficient (Wildman–Crippen LogP) is 1.81. The first-order valence-electron chi connectivity index (χ1n) is 8.03. The van der Waals surface area contributed by atoms with Crippen LogP contribution in [-0.2, 0) is 9.59 Å². The summed E-state index contributed by atoms with van der Waals surface area (Å²) in [5, 5.41) is 6.73. The quantitative estimate of drug-likeness (QED) is 0.439. The van der Waals surface area contributed by atoms with E-state index in [1.165, 1.54) is 6.42 Å². The van der Waals surface area contributed by atoms with Crippen LogP contribution in [0.5, 0.6) is 0 Å². The van der Waals surface area contributed by atoms with E-state index in [1.54, 1.807) is 19.1 Å². The molecule has 0 heterocycles. The minimum absolute atomic E-state index is 0.0286. The number of carbonyl (C=O) groups is 2. The second-order valence-electron chi connectivity index (χ2n) is 5.91. The molecule has 4 N–H and O–H groups in total. The van der Waals surface area contributed by atoms with Crippen molar-refractivity contribution in [2.24, 2.45) is 11.0 Å². The lowest BCUT2D eigenvalue weighted by atomic mass is 9.89. The molecular formula is C17H24N4O2. The molecule has 124 valence electrons. The number of rotatable bonds is 5. The number of hydrogen-bond acceptors (Lipinski definition) is 4. The van der Waals surface area contributed by atoms with Crippen LogP contribution < -0.4 is 16.5 Å². The standard InChI is InChI=1S/C17H24N4O2/c1-12(13-7-9-15(18)10-8-13)20-21-16(22)11-19-17(23)14-5-3-2-4-6-14/h7-10,14H,2-6,11,18H2,1H3,(H,19,23)(H,21,22)/b20-12+. The second-order valence-corrected chi connectivity index (χ2v) is 5.91. The van der Waals surface area contributed by atoms with Gasteiger partial charge in [0.05, 0.1) is 12.3 Å². The monoisotopic (exact) mass is 316 g/mol. The highest BCUT2D eigenvalue weighted by molar-refractivity contribution is 5.99. The van der Waals surface area contributed by atoms with Crippen LogP contribution in [0.25, 0.3) is 0 Å². The van der Waals surface area contributed by atoms with Gasteiger partial charge in [-0.25, -0.2) is 5.43 Å². The van der Waals surface area contributed by atoms with Crippen LogP contribution in [0.4, 0.5) is 5.69 Å². The summed E-state index contributed by atoms with van der Waals surface area (Å²) in [6.07, 6.45) is 5.22. The Kier molecular flexibility index (Phi) is 6.14. The van der Waals surface area contributed by atoms with E-state index in [4.69, 9.17) is 5.73 Å². The van der Waals surface area contributed by atoms with E-state index in [1.807, 2.05) is 12.1 Å². The molecule has 0 aliphatic heterocycles. The van der Waals surface area contributed by atoms with E-state index in [0.717, 1.165) is 31.2 Å². The number of nitrogen functional groups attached to an aromatic ring is 1. The van der Waals surface area contributed by atoms with Crippen molar-refractivity contribution in [3.05, 3.63) is 29.8 Å². The Morgan fingerprint density at radius 2 is 1.83 bits per heavy atom. The Morgan fingerprint density at radius 1 is 1.17 bits per heavy atom. The molecule has 0 saturated heterocycles. The molecule has 1 fully saturated rings. The number of hydrogen-bond donors (Lipinski definition) is 3. The van der Waals surface area contributed by atoms with Gasteiger partial charge in [0.25, 0.3) is 5.91 Å². The normalized spacial score (nSPS) is 16.0. The lowest BCUT2D eigenvalue weighted by molar-refractivity contribution is -0.129. The SMILES string of the molecule is C/C(=N\NC(=O)CNC(=O)C1CCCCC1)c1ccc(N)cc1. The van der Waals surface area contributed by atoms with Gasteiger partial charge in [0, 0.05) is 11.6 Å². The zero-order chi connectivity index (χ0) is 16.7. The zero-order valence-corrected chi connectivity index (χ0v) is 13.5. The van der Waals surface area contributed by atoms with Crippen LogP contribution in [0.15, 0.2) is 29.4 Å². The summed E-state index contributed by atoms with van der Waals surface area (Å²) >= 11 is 0. The van der Waals surface area contributed by atoms with Gasteiger partial charge in [0.2, 0.25) is 5.91 Å². The van der Waals surface area contributed by atoms with Crippen LogP contribution in [0.3, 0.4) is 0 Å². The molecular weight excluding hydrogens is 292 g/mol. The number of nitrogens with zero attached hydrogens (tertiary/aromatic N) is 1. The summed E-state index contributed by atoms with van der Waals surface area (Å²) in [7, 11) is 0. The first-order valence-corrected chi connectivity index (χ1v) is 8.03. The number of carbonyl (C=O) groups excluding carboxylic acids is 2. The number of amides is 2. The van der Waals surface area contributed by atoms with E-state index in [2.05, 4.69) is 15.8 Å². The van der Waals surface area contributed by atoms with Gasteiger partial charge in [-0.15, -0.1) is 0 Å². The summed E-state index contributed by atoms with van der Waals surface area (Å²) in [5.41, 5.74) is 10.3. The minimum Gasteiger partial charge on any atom is -0.399 e. The van der Waals surface area contributed by atoms with Gasteiger partial charge in [-0.05, 0) is 37.5 Å². The van der Waals surface area contributed by atoms with Crippen LogP contribution in [0, 0.1) is 5.92 Å². The van der Waals surface area contributed by atoms with Crippen molar-refractivity contribution < 1.29 is 9.59 Å². The third-order valence-electron chi connectivity index (χ3n) is 4.08. The van der Waals surface area contributed by atoms with Crippen molar-refractivity contribution in [2.45, 2.75) is 39.0 Å². The highest BCUT2D eigenvalue weighted by atomic mass is 16.2. The summed E-state index contributed by atoms with van der Waals surface area (Å²) in [6.45, 7) is 1.75. The maximum atomic E-state index is 12.0. The molecule has 6 nitrogen and oxygen atoms in total. The summed E-state index contributed by atoms with van der Waals surface area (Å²) in [4.78, 5) is 23.7. The minimum atomic E-state index is -0.330. The number of benzene rings is 1. The molecule has 0 spiro atoms. The molecule has 1 saturated carbocycles. The lowest BCUT2D eigenvalue weighted by Crippen LogP contribution is -2.39. The number of nitrogens with two attached hydrogens (primary N) is 1. The molecule has 0 atom stereocenters. The van der Waals surface area contributed by atoms with E-state index < -0.39 is 0 Å². The fourth-order valence-corrected chi connectivity index (χ4v) is 2.65. The molecule has 1 aromatic carbocycles. The van der Waals surface area contributed by atoms with Crippen molar-refractivity contribution in [2.75, 3.05) is 12.3 Å². The molecule has 0 radical (unpaired) electrons. The molecule has 2 rings (SSSR count). The molecule has 6 heteroatoms. The van der Waals surface area contributed by atoms with Crippen molar-refractivity contribution in [1.29, 1.82) is 0 Å². The van der Waals surface area contributed by atoms with Gasteiger partial charge < -0.3 is 11.1 Å². The molecule has 0 bridgehead atoms. The van der Waals surface area contributed by atoms with Gasteiger partial charge in [-0.1, -0.05) is 31.4 Å². The topological polar surface area (TPSA) is 96.6 Å². The van der Waals surface area contributed by atoms with Gasteiger partial charge >= 0.3 is 0 Å². The fourth-order valence-electron chi connectivity index (χ4n) is 2.65. The zero-order valence-electron chi connectivity index (χ0n) is 13.5. The summed E-state index contributed by atoms with van der Waals surface area (Å²) in [6, 6.07) is 7.23. The van der Waals surface area contributed by atoms with Crippen molar-refractivity contribution in [3.8, 4) is 0 Å². The molecule has 2 amide bonds. The van der Waals surface area contributed by atoms with Crippen molar-refractivity contribution in [1.82, 2.24) is 10.7 Å². The van der Waals surface area contributed by atoms with Gasteiger partial charge in [0.1, 0.15) is 0 Å². The highest BCUT2D eigenvalue weighted by Gasteiger charge is 2.21. The summed E-state index contributed by atoms with van der Waals surface area (Å²) in [5.74, 6) is -0.306. The lowest BCUT2D eigenvalue weighted by Gasteiger charge is -2.20.